The Labute approximate surface area is 115 Å². The summed E-state index contributed by atoms with van der Waals surface area (Å²) in [6, 6.07) is 0. The van der Waals surface area contributed by atoms with Crippen LogP contribution in [-0.2, 0) is 14.3 Å². The van der Waals surface area contributed by atoms with Gasteiger partial charge < -0.3 is 14.4 Å². The van der Waals surface area contributed by atoms with Gasteiger partial charge in [0.05, 0.1) is 18.8 Å². The Morgan fingerprint density at radius 1 is 1.32 bits per heavy atom. The zero-order valence-electron chi connectivity index (χ0n) is 12.1. The van der Waals surface area contributed by atoms with E-state index in [1.165, 1.54) is 0 Å². The Balaban J connectivity index is 1.75. The van der Waals surface area contributed by atoms with Gasteiger partial charge in [-0.2, -0.15) is 0 Å². The third kappa shape index (κ3) is 4.05. The van der Waals surface area contributed by atoms with Gasteiger partial charge >= 0.3 is 0 Å². The second-order valence-corrected chi connectivity index (χ2v) is 5.41. The number of allylic oxidation sites excluding steroid dienone is 1. The Bertz CT molecular complexity index is 326. The quantitative estimate of drug-likeness (QED) is 0.733. The summed E-state index contributed by atoms with van der Waals surface area (Å²) in [6.07, 6.45) is 6.39. The Hall–Kier alpha value is -0.870. The number of carbonyl (C=O) groups is 1. The first-order chi connectivity index (χ1) is 9.20. The van der Waals surface area contributed by atoms with E-state index in [2.05, 4.69) is 6.92 Å². The summed E-state index contributed by atoms with van der Waals surface area (Å²) < 4.78 is 11.3. The molecular formula is C15H25NO3. The van der Waals surface area contributed by atoms with Crippen LogP contribution in [0.25, 0.3) is 0 Å². The van der Waals surface area contributed by atoms with E-state index in [0.29, 0.717) is 6.10 Å². The molecule has 1 unspecified atom stereocenters. The standard InChI is InChI=1S/C15H25NO3/c1-3-4-12(2)15(17)16-8-5-13(6-9-16)19-14-7-10-18-11-14/h4,13-14H,3,5-11H2,1-2H3/b12-4-. The molecule has 0 aromatic rings. The number of nitrogens with zero attached hydrogens (tertiary/aromatic N) is 1. The molecule has 4 nitrogen and oxygen atoms in total. The Morgan fingerprint density at radius 3 is 2.63 bits per heavy atom. The fourth-order valence-electron chi connectivity index (χ4n) is 2.73. The van der Waals surface area contributed by atoms with Crippen molar-refractivity contribution < 1.29 is 14.3 Å². The summed E-state index contributed by atoms with van der Waals surface area (Å²) in [5.41, 5.74) is 0.867. The van der Waals surface area contributed by atoms with Gasteiger partial charge in [0.15, 0.2) is 0 Å². The summed E-state index contributed by atoms with van der Waals surface area (Å²) in [4.78, 5) is 14.1. The second-order valence-electron chi connectivity index (χ2n) is 5.41. The van der Waals surface area contributed by atoms with Crippen molar-refractivity contribution in [1.82, 2.24) is 4.90 Å². The van der Waals surface area contributed by atoms with E-state index in [4.69, 9.17) is 9.47 Å². The first-order valence-corrected chi connectivity index (χ1v) is 7.40. The van der Waals surface area contributed by atoms with Crippen LogP contribution in [0.3, 0.4) is 0 Å². The summed E-state index contributed by atoms with van der Waals surface area (Å²) in [5.74, 6) is 0.185. The highest BCUT2D eigenvalue weighted by Gasteiger charge is 2.27. The molecule has 2 fully saturated rings. The van der Waals surface area contributed by atoms with Crippen LogP contribution in [0.5, 0.6) is 0 Å². The fourth-order valence-corrected chi connectivity index (χ4v) is 2.73. The summed E-state index contributed by atoms with van der Waals surface area (Å²) >= 11 is 0. The van der Waals surface area contributed by atoms with Gasteiger partial charge in [-0.3, -0.25) is 4.79 Å². The van der Waals surface area contributed by atoms with Gasteiger partial charge in [0.25, 0.3) is 0 Å². The molecule has 19 heavy (non-hydrogen) atoms. The predicted molar refractivity (Wildman–Crippen MR) is 74.0 cm³/mol. The molecule has 4 heteroatoms. The molecule has 2 aliphatic heterocycles. The molecule has 0 aromatic carbocycles. The van der Waals surface area contributed by atoms with Crippen molar-refractivity contribution in [2.24, 2.45) is 0 Å². The molecule has 2 rings (SSSR count). The number of hydrogen-bond acceptors (Lipinski definition) is 3. The van der Waals surface area contributed by atoms with E-state index in [1.54, 1.807) is 0 Å². The van der Waals surface area contributed by atoms with Crippen LogP contribution in [0.2, 0.25) is 0 Å². The monoisotopic (exact) mass is 267 g/mol. The highest BCUT2D eigenvalue weighted by Crippen LogP contribution is 2.20. The highest BCUT2D eigenvalue weighted by atomic mass is 16.5. The van der Waals surface area contributed by atoms with Gasteiger partial charge in [0, 0.05) is 25.3 Å². The molecule has 0 aromatic heterocycles. The van der Waals surface area contributed by atoms with E-state index >= 15 is 0 Å². The van der Waals surface area contributed by atoms with Crippen molar-refractivity contribution in [1.29, 1.82) is 0 Å². The lowest BCUT2D eigenvalue weighted by Crippen LogP contribution is -2.42. The molecule has 2 heterocycles. The number of rotatable bonds is 4. The lowest BCUT2D eigenvalue weighted by molar-refractivity contribution is -0.130. The molecule has 108 valence electrons. The largest absolute Gasteiger partial charge is 0.379 e. The SMILES string of the molecule is CC/C=C(/C)C(=O)N1CCC(OC2CCOC2)CC1. The number of ether oxygens (including phenoxy) is 2. The molecule has 1 amide bonds. The van der Waals surface area contributed by atoms with Crippen molar-refractivity contribution in [3.63, 3.8) is 0 Å². The second kappa shape index (κ2) is 7.06. The van der Waals surface area contributed by atoms with Gasteiger partial charge in [-0.15, -0.1) is 0 Å². The van der Waals surface area contributed by atoms with Crippen molar-refractivity contribution >= 4 is 5.91 Å². The maximum Gasteiger partial charge on any atom is 0.249 e. The third-order valence-electron chi connectivity index (χ3n) is 3.85. The maximum atomic E-state index is 12.1. The average molecular weight is 267 g/mol. The third-order valence-corrected chi connectivity index (χ3v) is 3.85. The number of amides is 1. The lowest BCUT2D eigenvalue weighted by atomic mass is 10.1. The van der Waals surface area contributed by atoms with Gasteiger partial charge in [-0.05, 0) is 32.6 Å². The van der Waals surface area contributed by atoms with Crippen LogP contribution >= 0.6 is 0 Å². The molecule has 2 saturated heterocycles. The fraction of sp³-hybridized carbons (Fsp3) is 0.800. The molecule has 0 spiro atoms. The van der Waals surface area contributed by atoms with E-state index in [-0.39, 0.29) is 12.0 Å². The Kier molecular flexibility index (Phi) is 5.40. The molecule has 0 aliphatic carbocycles. The minimum Gasteiger partial charge on any atom is -0.379 e. The van der Waals surface area contributed by atoms with E-state index < -0.39 is 0 Å². The number of hydrogen-bond donors (Lipinski definition) is 0. The van der Waals surface area contributed by atoms with Gasteiger partial charge in [-0.25, -0.2) is 0 Å². The minimum atomic E-state index is 0.185. The molecule has 1 atom stereocenters. The van der Waals surface area contributed by atoms with Gasteiger partial charge in [-0.1, -0.05) is 13.0 Å². The molecule has 0 N–H and O–H groups in total. The Morgan fingerprint density at radius 2 is 2.05 bits per heavy atom. The topological polar surface area (TPSA) is 38.8 Å². The van der Waals surface area contributed by atoms with E-state index in [1.807, 2.05) is 17.9 Å². The van der Waals surface area contributed by atoms with E-state index in [0.717, 1.165) is 57.6 Å². The lowest BCUT2D eigenvalue weighted by Gasteiger charge is -2.33. The molecule has 0 bridgehead atoms. The maximum absolute atomic E-state index is 12.1. The van der Waals surface area contributed by atoms with Crippen LogP contribution in [0.4, 0.5) is 0 Å². The van der Waals surface area contributed by atoms with Crippen LogP contribution in [0, 0.1) is 0 Å². The molecule has 2 aliphatic rings. The van der Waals surface area contributed by atoms with E-state index in [9.17, 15) is 4.79 Å². The predicted octanol–water partition coefficient (Wildman–Crippen LogP) is 2.14. The average Bonchev–Trinajstić information content (AvgIpc) is 2.92. The van der Waals surface area contributed by atoms with Crippen LogP contribution in [0.1, 0.15) is 39.5 Å². The number of likely N-dealkylation sites (tertiary alicyclic amines) is 1. The summed E-state index contributed by atoms with van der Waals surface area (Å²) in [5, 5.41) is 0. The zero-order chi connectivity index (χ0) is 13.7. The van der Waals surface area contributed by atoms with Gasteiger partial charge in [0.1, 0.15) is 0 Å². The number of carbonyl (C=O) groups excluding carboxylic acids is 1. The minimum absolute atomic E-state index is 0.185. The molecule has 0 saturated carbocycles. The van der Waals surface area contributed by atoms with Crippen LogP contribution < -0.4 is 0 Å². The van der Waals surface area contributed by atoms with Gasteiger partial charge in [0.2, 0.25) is 5.91 Å². The first kappa shape index (κ1) is 14.5. The zero-order valence-corrected chi connectivity index (χ0v) is 12.1. The normalized spacial score (nSPS) is 25.9. The van der Waals surface area contributed by atoms with Crippen molar-refractivity contribution in [2.75, 3.05) is 26.3 Å². The summed E-state index contributed by atoms with van der Waals surface area (Å²) in [7, 11) is 0. The highest BCUT2D eigenvalue weighted by molar-refractivity contribution is 5.92. The van der Waals surface area contributed by atoms with Crippen molar-refractivity contribution in [2.45, 2.75) is 51.7 Å². The van der Waals surface area contributed by atoms with Crippen LogP contribution in [-0.4, -0.2) is 49.3 Å². The molecular weight excluding hydrogens is 242 g/mol. The molecule has 0 radical (unpaired) electrons. The van der Waals surface area contributed by atoms with Crippen molar-refractivity contribution in [3.05, 3.63) is 11.6 Å². The van der Waals surface area contributed by atoms with Crippen molar-refractivity contribution in [3.8, 4) is 0 Å². The summed E-state index contributed by atoms with van der Waals surface area (Å²) in [6.45, 7) is 7.14. The number of piperidine rings is 1. The smallest absolute Gasteiger partial charge is 0.249 e. The first-order valence-electron chi connectivity index (χ1n) is 7.40. The van der Waals surface area contributed by atoms with Crippen LogP contribution in [0.15, 0.2) is 11.6 Å².